The molecule has 3 heteroatoms. The maximum absolute atomic E-state index is 9.26. The van der Waals surface area contributed by atoms with Crippen LogP contribution in [0.3, 0.4) is 0 Å². The third-order valence-electron chi connectivity index (χ3n) is 3.68. The standard InChI is InChI=1S/C20H24N2O/c1-3-17-5-9-19(10-6-17)15-21-22(13-14-23)16-20-11-7-18(4-2)8-12-20/h3-12,21,23H,1-2,13-16H2. The molecule has 0 radical (unpaired) electrons. The largest absolute Gasteiger partial charge is 0.395 e. The summed E-state index contributed by atoms with van der Waals surface area (Å²) < 4.78 is 0. The number of rotatable bonds is 9. The summed E-state index contributed by atoms with van der Waals surface area (Å²) in [4.78, 5) is 0. The Labute approximate surface area is 138 Å². The molecule has 0 aliphatic carbocycles. The van der Waals surface area contributed by atoms with Gasteiger partial charge in [-0.05, 0) is 22.3 Å². The van der Waals surface area contributed by atoms with Gasteiger partial charge in [0.2, 0.25) is 0 Å². The van der Waals surface area contributed by atoms with Crippen LogP contribution in [-0.4, -0.2) is 23.3 Å². The van der Waals surface area contributed by atoms with Gasteiger partial charge in [0.05, 0.1) is 6.61 Å². The molecule has 3 nitrogen and oxygen atoms in total. The first-order valence-corrected chi connectivity index (χ1v) is 7.77. The molecule has 0 saturated carbocycles. The van der Waals surface area contributed by atoms with Crippen molar-refractivity contribution in [3.8, 4) is 0 Å². The smallest absolute Gasteiger partial charge is 0.0572 e. The fraction of sp³-hybridized carbons (Fsp3) is 0.200. The summed E-state index contributed by atoms with van der Waals surface area (Å²) in [5, 5.41) is 11.3. The first kappa shape index (κ1) is 17.2. The van der Waals surface area contributed by atoms with Crippen molar-refractivity contribution in [2.24, 2.45) is 0 Å². The van der Waals surface area contributed by atoms with Crippen LogP contribution in [0.1, 0.15) is 22.3 Å². The lowest BCUT2D eigenvalue weighted by Gasteiger charge is -2.23. The Morgan fingerprint density at radius 2 is 1.39 bits per heavy atom. The van der Waals surface area contributed by atoms with E-state index in [1.165, 1.54) is 11.1 Å². The summed E-state index contributed by atoms with van der Waals surface area (Å²) in [5.74, 6) is 0. The fourth-order valence-electron chi connectivity index (χ4n) is 2.29. The quantitative estimate of drug-likeness (QED) is 0.696. The maximum Gasteiger partial charge on any atom is 0.0572 e. The molecule has 2 aromatic rings. The van der Waals surface area contributed by atoms with Crippen LogP contribution in [0.2, 0.25) is 0 Å². The molecule has 0 aromatic heterocycles. The lowest BCUT2D eigenvalue weighted by atomic mass is 10.1. The highest BCUT2D eigenvalue weighted by molar-refractivity contribution is 5.47. The zero-order chi connectivity index (χ0) is 16.5. The Morgan fingerprint density at radius 3 is 1.87 bits per heavy atom. The summed E-state index contributed by atoms with van der Waals surface area (Å²) in [7, 11) is 0. The molecule has 0 bridgehead atoms. The third-order valence-corrected chi connectivity index (χ3v) is 3.68. The second-order valence-electron chi connectivity index (χ2n) is 5.37. The minimum Gasteiger partial charge on any atom is -0.395 e. The second kappa shape index (κ2) is 9.06. The van der Waals surface area contributed by atoms with Gasteiger partial charge >= 0.3 is 0 Å². The van der Waals surface area contributed by atoms with E-state index < -0.39 is 0 Å². The third kappa shape index (κ3) is 5.49. The molecule has 2 aromatic carbocycles. The number of nitrogens with one attached hydrogen (secondary N) is 1. The molecule has 0 saturated heterocycles. The number of benzene rings is 2. The first-order chi connectivity index (χ1) is 11.2. The highest BCUT2D eigenvalue weighted by Gasteiger charge is 2.05. The van der Waals surface area contributed by atoms with Crippen LogP contribution in [0, 0.1) is 0 Å². The van der Waals surface area contributed by atoms with Crippen LogP contribution in [0.25, 0.3) is 12.2 Å². The number of nitrogens with zero attached hydrogens (tertiary/aromatic N) is 1. The van der Waals surface area contributed by atoms with E-state index in [1.54, 1.807) is 0 Å². The molecule has 0 atom stereocenters. The van der Waals surface area contributed by atoms with Crippen LogP contribution in [-0.2, 0) is 13.1 Å². The van der Waals surface area contributed by atoms with Crippen LogP contribution in [0.15, 0.2) is 61.7 Å². The van der Waals surface area contributed by atoms with Gasteiger partial charge in [-0.3, -0.25) is 5.43 Å². The average Bonchev–Trinajstić information content (AvgIpc) is 2.61. The van der Waals surface area contributed by atoms with Gasteiger partial charge < -0.3 is 5.11 Å². The molecular formula is C20H24N2O. The molecule has 0 unspecified atom stereocenters. The monoisotopic (exact) mass is 308 g/mol. The Balaban J connectivity index is 1.93. The second-order valence-corrected chi connectivity index (χ2v) is 5.37. The van der Waals surface area contributed by atoms with Crippen LogP contribution >= 0.6 is 0 Å². The highest BCUT2D eigenvalue weighted by atomic mass is 16.3. The van der Waals surface area contributed by atoms with E-state index in [9.17, 15) is 5.11 Å². The van der Waals surface area contributed by atoms with Crippen molar-refractivity contribution in [3.63, 3.8) is 0 Å². The summed E-state index contributed by atoms with van der Waals surface area (Å²) in [6.07, 6.45) is 3.67. The summed E-state index contributed by atoms with van der Waals surface area (Å²) >= 11 is 0. The van der Waals surface area contributed by atoms with Crippen molar-refractivity contribution in [2.75, 3.05) is 13.2 Å². The summed E-state index contributed by atoms with van der Waals surface area (Å²) in [6.45, 7) is 9.68. The molecule has 2 rings (SSSR count). The molecule has 0 spiro atoms. The van der Waals surface area contributed by atoms with Crippen molar-refractivity contribution >= 4 is 12.2 Å². The van der Waals surface area contributed by atoms with Gasteiger partial charge in [-0.15, -0.1) is 0 Å². The van der Waals surface area contributed by atoms with Gasteiger partial charge in [0.15, 0.2) is 0 Å². The van der Waals surface area contributed by atoms with E-state index >= 15 is 0 Å². The van der Waals surface area contributed by atoms with E-state index in [0.29, 0.717) is 6.54 Å². The number of aliphatic hydroxyl groups excluding tert-OH is 1. The Kier molecular flexibility index (Phi) is 6.76. The molecule has 0 amide bonds. The van der Waals surface area contributed by atoms with Gasteiger partial charge in [-0.25, -0.2) is 5.01 Å². The predicted octanol–water partition coefficient (Wildman–Crippen LogP) is 3.47. The number of hydrogen-bond acceptors (Lipinski definition) is 3. The zero-order valence-corrected chi connectivity index (χ0v) is 13.4. The van der Waals surface area contributed by atoms with Crippen LogP contribution < -0.4 is 5.43 Å². The van der Waals surface area contributed by atoms with Crippen molar-refractivity contribution in [1.82, 2.24) is 10.4 Å². The minimum absolute atomic E-state index is 0.118. The van der Waals surface area contributed by atoms with E-state index in [4.69, 9.17) is 0 Å². The maximum atomic E-state index is 9.26. The minimum atomic E-state index is 0.118. The Hall–Kier alpha value is -2.20. The molecule has 0 aliphatic heterocycles. The molecule has 2 N–H and O–H groups in total. The average molecular weight is 308 g/mol. The van der Waals surface area contributed by atoms with Gasteiger partial charge in [-0.2, -0.15) is 0 Å². The number of hydrazine groups is 1. The topological polar surface area (TPSA) is 35.5 Å². The van der Waals surface area contributed by atoms with Crippen molar-refractivity contribution < 1.29 is 5.11 Å². The van der Waals surface area contributed by atoms with Gasteiger partial charge in [0, 0.05) is 19.6 Å². The van der Waals surface area contributed by atoms with Crippen molar-refractivity contribution in [1.29, 1.82) is 0 Å². The molecular weight excluding hydrogens is 284 g/mol. The van der Waals surface area contributed by atoms with E-state index in [0.717, 1.165) is 24.2 Å². The lowest BCUT2D eigenvalue weighted by Crippen LogP contribution is -2.38. The normalized spacial score (nSPS) is 10.7. The van der Waals surface area contributed by atoms with Crippen LogP contribution in [0.5, 0.6) is 0 Å². The Morgan fingerprint density at radius 1 is 0.870 bits per heavy atom. The Bertz CT molecular complexity index is 617. The van der Waals surface area contributed by atoms with E-state index in [1.807, 2.05) is 29.3 Å². The van der Waals surface area contributed by atoms with E-state index in [2.05, 4.69) is 55.0 Å². The summed E-state index contributed by atoms with van der Waals surface area (Å²) in [5.41, 5.74) is 7.99. The van der Waals surface area contributed by atoms with E-state index in [-0.39, 0.29) is 6.61 Å². The fourth-order valence-corrected chi connectivity index (χ4v) is 2.29. The number of hydrogen-bond donors (Lipinski definition) is 2. The summed E-state index contributed by atoms with van der Waals surface area (Å²) in [6, 6.07) is 16.5. The van der Waals surface area contributed by atoms with Crippen molar-refractivity contribution in [2.45, 2.75) is 13.1 Å². The molecule has 0 aliphatic rings. The first-order valence-electron chi connectivity index (χ1n) is 7.77. The number of aliphatic hydroxyl groups is 1. The van der Waals surface area contributed by atoms with Gasteiger partial charge in [-0.1, -0.05) is 73.8 Å². The van der Waals surface area contributed by atoms with Crippen LogP contribution in [0.4, 0.5) is 0 Å². The molecule has 120 valence electrons. The predicted molar refractivity (Wildman–Crippen MR) is 97.4 cm³/mol. The molecule has 23 heavy (non-hydrogen) atoms. The molecule has 0 heterocycles. The SMILES string of the molecule is C=Cc1ccc(CNN(CCO)Cc2ccc(C=C)cc2)cc1. The molecule has 0 fully saturated rings. The highest BCUT2D eigenvalue weighted by Crippen LogP contribution is 2.09. The van der Waals surface area contributed by atoms with Gasteiger partial charge in [0.1, 0.15) is 0 Å². The lowest BCUT2D eigenvalue weighted by molar-refractivity contribution is 0.132. The van der Waals surface area contributed by atoms with Crippen molar-refractivity contribution in [3.05, 3.63) is 83.9 Å². The zero-order valence-electron chi connectivity index (χ0n) is 13.4. The van der Waals surface area contributed by atoms with Gasteiger partial charge in [0.25, 0.3) is 0 Å².